The molecule has 0 atom stereocenters. The third kappa shape index (κ3) is 8.27. The smallest absolute Gasteiger partial charge is 0.191 e. The van der Waals surface area contributed by atoms with Gasteiger partial charge >= 0.3 is 0 Å². The Bertz CT molecular complexity index is 814. The van der Waals surface area contributed by atoms with Gasteiger partial charge in [-0.1, -0.05) is 31.1 Å². The summed E-state index contributed by atoms with van der Waals surface area (Å²) in [5.74, 6) is 3.57. The van der Waals surface area contributed by atoms with Crippen molar-refractivity contribution in [2.24, 2.45) is 10.9 Å². The lowest BCUT2D eigenvalue weighted by atomic mass is 9.96. The Kier molecular flexibility index (Phi) is 11.3. The van der Waals surface area contributed by atoms with Crippen molar-refractivity contribution in [2.45, 2.75) is 52.6 Å². The molecule has 0 aliphatic carbocycles. The van der Waals surface area contributed by atoms with Gasteiger partial charge in [0, 0.05) is 25.7 Å². The van der Waals surface area contributed by atoms with Crippen LogP contribution in [0, 0.1) is 5.92 Å². The Morgan fingerprint density at radius 1 is 1.22 bits per heavy atom. The molecule has 0 saturated carbocycles. The van der Waals surface area contributed by atoms with Gasteiger partial charge in [0.2, 0.25) is 0 Å². The second kappa shape index (κ2) is 13.7. The number of methoxy groups -OCH3 is 1. The summed E-state index contributed by atoms with van der Waals surface area (Å²) >= 11 is 0. The highest BCUT2D eigenvalue weighted by molar-refractivity contribution is 14.0. The molecule has 2 N–H and O–H groups in total. The lowest BCUT2D eigenvalue weighted by molar-refractivity contribution is 0.178. The molecule has 0 bridgehead atoms. The van der Waals surface area contributed by atoms with E-state index < -0.39 is 0 Å². The molecule has 32 heavy (non-hydrogen) atoms. The number of benzene rings is 1. The summed E-state index contributed by atoms with van der Waals surface area (Å²) in [4.78, 5) is 7.20. The van der Waals surface area contributed by atoms with Crippen molar-refractivity contribution < 1.29 is 9.26 Å². The number of hydrogen-bond donors (Lipinski definition) is 2. The molecule has 1 aliphatic rings. The highest BCUT2D eigenvalue weighted by atomic mass is 127. The first kappa shape index (κ1) is 26.4. The number of guanidine groups is 1. The number of hydrogen-bond acceptors (Lipinski definition) is 5. The predicted molar refractivity (Wildman–Crippen MR) is 140 cm³/mol. The molecule has 1 aliphatic heterocycles. The Labute approximate surface area is 209 Å². The molecule has 0 amide bonds. The molecule has 0 spiro atoms. The Balaban J connectivity index is 0.00000363. The minimum Gasteiger partial charge on any atom is -0.497 e. The molecule has 7 nitrogen and oxygen atoms in total. The SMILES string of the molecule is CCNC(=NCc1cc(C(C)C)no1)NCC1CCN(Cc2ccc(OC)cc2)CC1.I. The van der Waals surface area contributed by atoms with Gasteiger partial charge in [-0.2, -0.15) is 0 Å². The highest BCUT2D eigenvalue weighted by Gasteiger charge is 2.19. The standard InChI is InChI=1S/C24H37N5O2.HI/c1-5-25-24(27-16-22-14-23(18(2)3)28-31-22)26-15-19-10-12-29(13-11-19)17-20-6-8-21(30-4)9-7-20;/h6-9,14,18-19H,5,10-13,15-17H2,1-4H3,(H2,25,26,27);1H. The number of nitrogens with one attached hydrogen (secondary N) is 2. The van der Waals surface area contributed by atoms with Crippen molar-refractivity contribution in [1.82, 2.24) is 20.7 Å². The van der Waals surface area contributed by atoms with Crippen LogP contribution in [0.3, 0.4) is 0 Å². The second-order valence-corrected chi connectivity index (χ2v) is 8.52. The van der Waals surface area contributed by atoms with Crippen molar-refractivity contribution in [1.29, 1.82) is 0 Å². The lowest BCUT2D eigenvalue weighted by Gasteiger charge is -2.32. The van der Waals surface area contributed by atoms with Crippen LogP contribution in [-0.2, 0) is 13.1 Å². The van der Waals surface area contributed by atoms with Crippen LogP contribution in [0.5, 0.6) is 5.75 Å². The van der Waals surface area contributed by atoms with Crippen molar-refractivity contribution in [3.05, 3.63) is 47.3 Å². The summed E-state index contributed by atoms with van der Waals surface area (Å²) < 4.78 is 10.6. The maximum atomic E-state index is 5.40. The van der Waals surface area contributed by atoms with E-state index in [0.29, 0.717) is 18.4 Å². The minimum absolute atomic E-state index is 0. The predicted octanol–water partition coefficient (Wildman–Crippen LogP) is 4.39. The molecule has 8 heteroatoms. The summed E-state index contributed by atoms with van der Waals surface area (Å²) in [5.41, 5.74) is 2.32. The molecular formula is C24H38IN5O2. The highest BCUT2D eigenvalue weighted by Crippen LogP contribution is 2.20. The maximum Gasteiger partial charge on any atom is 0.191 e. The number of piperidine rings is 1. The summed E-state index contributed by atoms with van der Waals surface area (Å²) in [6.07, 6.45) is 2.39. The van der Waals surface area contributed by atoms with Gasteiger partial charge in [-0.05, 0) is 62.4 Å². The third-order valence-corrected chi connectivity index (χ3v) is 5.74. The Hall–Kier alpha value is -1.81. The van der Waals surface area contributed by atoms with Crippen LogP contribution in [0.1, 0.15) is 56.5 Å². The zero-order valence-electron chi connectivity index (χ0n) is 19.8. The summed E-state index contributed by atoms with van der Waals surface area (Å²) in [6.45, 7) is 11.8. The van der Waals surface area contributed by atoms with Crippen molar-refractivity contribution >= 4 is 29.9 Å². The number of ether oxygens (including phenoxy) is 1. The average molecular weight is 556 g/mol. The van der Waals surface area contributed by atoms with Gasteiger partial charge in [0.1, 0.15) is 12.3 Å². The van der Waals surface area contributed by atoms with Crippen molar-refractivity contribution in [3.8, 4) is 5.75 Å². The van der Waals surface area contributed by atoms with Crippen molar-refractivity contribution in [3.63, 3.8) is 0 Å². The van der Waals surface area contributed by atoms with Crippen LogP contribution >= 0.6 is 24.0 Å². The molecule has 1 saturated heterocycles. The summed E-state index contributed by atoms with van der Waals surface area (Å²) in [6, 6.07) is 10.4. The van der Waals surface area contributed by atoms with Gasteiger partial charge in [-0.3, -0.25) is 4.90 Å². The normalized spacial score (nSPS) is 15.5. The molecule has 2 heterocycles. The van der Waals surface area contributed by atoms with Crippen LogP contribution < -0.4 is 15.4 Å². The maximum absolute atomic E-state index is 5.40. The van der Waals surface area contributed by atoms with Crippen molar-refractivity contribution in [2.75, 3.05) is 33.3 Å². The van der Waals surface area contributed by atoms with Gasteiger partial charge in [-0.15, -0.1) is 24.0 Å². The molecule has 0 radical (unpaired) electrons. The number of nitrogens with zero attached hydrogens (tertiary/aromatic N) is 3. The third-order valence-electron chi connectivity index (χ3n) is 5.74. The van der Waals surface area contributed by atoms with E-state index in [1.165, 1.54) is 18.4 Å². The zero-order chi connectivity index (χ0) is 22.1. The Morgan fingerprint density at radius 3 is 2.53 bits per heavy atom. The molecule has 1 aromatic heterocycles. The fourth-order valence-corrected chi connectivity index (χ4v) is 3.75. The summed E-state index contributed by atoms with van der Waals surface area (Å²) in [7, 11) is 1.71. The number of aliphatic imine (C=N–C) groups is 1. The van der Waals surface area contributed by atoms with Gasteiger partial charge in [0.15, 0.2) is 11.7 Å². The van der Waals surface area contributed by atoms with E-state index in [4.69, 9.17) is 9.26 Å². The minimum atomic E-state index is 0. The molecule has 3 rings (SSSR count). The average Bonchev–Trinajstić information content (AvgIpc) is 3.27. The van der Waals surface area contributed by atoms with E-state index in [0.717, 1.165) is 55.9 Å². The first-order valence-corrected chi connectivity index (χ1v) is 11.4. The molecule has 0 unspecified atom stereocenters. The summed E-state index contributed by atoms with van der Waals surface area (Å²) in [5, 5.41) is 10.9. The molecule has 1 aromatic carbocycles. The van der Waals surface area contributed by atoms with E-state index in [1.807, 2.05) is 18.2 Å². The monoisotopic (exact) mass is 555 g/mol. The number of aromatic nitrogens is 1. The van der Waals surface area contributed by atoms with E-state index in [2.05, 4.69) is 58.6 Å². The largest absolute Gasteiger partial charge is 0.497 e. The Morgan fingerprint density at radius 2 is 1.94 bits per heavy atom. The molecule has 178 valence electrons. The fraction of sp³-hybridized carbons (Fsp3) is 0.583. The topological polar surface area (TPSA) is 74.9 Å². The zero-order valence-corrected chi connectivity index (χ0v) is 22.1. The number of halogens is 1. The van der Waals surface area contributed by atoms with Gasteiger partial charge < -0.3 is 19.9 Å². The van der Waals surface area contributed by atoms with Gasteiger partial charge in [0.05, 0.1) is 12.8 Å². The molecule has 1 fully saturated rings. The van der Waals surface area contributed by atoms with Crippen LogP contribution in [-0.4, -0.2) is 49.3 Å². The van der Waals surface area contributed by atoms with E-state index in [1.54, 1.807) is 7.11 Å². The number of likely N-dealkylation sites (tertiary alicyclic amines) is 1. The lowest BCUT2D eigenvalue weighted by Crippen LogP contribution is -2.42. The first-order valence-electron chi connectivity index (χ1n) is 11.4. The van der Waals surface area contributed by atoms with E-state index in [9.17, 15) is 0 Å². The van der Waals surface area contributed by atoms with Crippen LogP contribution in [0.4, 0.5) is 0 Å². The quantitative estimate of drug-likeness (QED) is 0.272. The van der Waals surface area contributed by atoms with E-state index >= 15 is 0 Å². The van der Waals surface area contributed by atoms with Crippen LogP contribution in [0.25, 0.3) is 0 Å². The molecular weight excluding hydrogens is 517 g/mol. The molecule has 2 aromatic rings. The number of rotatable bonds is 9. The second-order valence-electron chi connectivity index (χ2n) is 8.52. The van der Waals surface area contributed by atoms with Gasteiger partial charge in [0.25, 0.3) is 0 Å². The van der Waals surface area contributed by atoms with E-state index in [-0.39, 0.29) is 24.0 Å². The fourth-order valence-electron chi connectivity index (χ4n) is 3.75. The first-order chi connectivity index (χ1) is 15.1. The van der Waals surface area contributed by atoms with Crippen LogP contribution in [0.15, 0.2) is 39.8 Å². The van der Waals surface area contributed by atoms with Gasteiger partial charge in [-0.25, -0.2) is 4.99 Å². The van der Waals surface area contributed by atoms with Crippen LogP contribution in [0.2, 0.25) is 0 Å².